The lowest BCUT2D eigenvalue weighted by Crippen LogP contribution is -2.38. The molecule has 0 aliphatic carbocycles. The normalized spacial score (nSPS) is 13.9. The minimum atomic E-state index is -0.537. The summed E-state index contributed by atoms with van der Waals surface area (Å²) < 4.78 is 5.68. The smallest absolute Gasteiger partial charge is 0.260 e. The van der Waals surface area contributed by atoms with E-state index in [9.17, 15) is 9.90 Å². The molecule has 0 spiro atoms. The van der Waals surface area contributed by atoms with E-state index in [-0.39, 0.29) is 5.91 Å². The van der Waals surface area contributed by atoms with Gasteiger partial charge in [-0.05, 0) is 49.9 Å². The number of benzene rings is 1. The van der Waals surface area contributed by atoms with E-state index in [0.717, 1.165) is 11.1 Å². The van der Waals surface area contributed by atoms with E-state index in [1.807, 2.05) is 32.9 Å². The van der Waals surface area contributed by atoms with E-state index in [1.54, 1.807) is 19.9 Å². The highest BCUT2D eigenvalue weighted by molar-refractivity contribution is 5.80. The molecule has 2 atom stereocenters. The minimum absolute atomic E-state index is 0.113. The summed E-state index contributed by atoms with van der Waals surface area (Å²) in [5.74, 6) is 0.970. The van der Waals surface area contributed by atoms with Crippen molar-refractivity contribution in [3.63, 3.8) is 0 Å². The second-order valence-corrected chi connectivity index (χ2v) is 5.60. The lowest BCUT2D eigenvalue weighted by Gasteiger charge is -2.18. The van der Waals surface area contributed by atoms with Crippen LogP contribution in [0.2, 0.25) is 0 Å². The Bertz CT molecular complexity index is 455. The molecule has 20 heavy (non-hydrogen) atoms. The maximum atomic E-state index is 11.9. The summed E-state index contributed by atoms with van der Waals surface area (Å²) in [6.07, 6.45) is -1.04. The monoisotopic (exact) mass is 279 g/mol. The Kier molecular flexibility index (Phi) is 6.02. The van der Waals surface area contributed by atoms with Crippen molar-refractivity contribution in [3.05, 3.63) is 29.3 Å². The molecule has 0 saturated heterocycles. The fourth-order valence-corrected chi connectivity index (χ4v) is 1.76. The highest BCUT2D eigenvalue weighted by Gasteiger charge is 2.16. The molecule has 1 rings (SSSR count). The van der Waals surface area contributed by atoms with Gasteiger partial charge in [-0.2, -0.15) is 0 Å². The van der Waals surface area contributed by atoms with Gasteiger partial charge in [0, 0.05) is 6.54 Å². The average molecular weight is 279 g/mol. The second-order valence-electron chi connectivity index (χ2n) is 5.60. The summed E-state index contributed by atoms with van der Waals surface area (Å²) in [6, 6.07) is 5.48. The predicted octanol–water partition coefficient (Wildman–Crippen LogP) is 2.59. The molecule has 0 aromatic heterocycles. The fourth-order valence-electron chi connectivity index (χ4n) is 1.76. The minimum Gasteiger partial charge on any atom is -0.481 e. The number of amides is 1. The molecule has 0 radical (unpaired) electrons. The van der Waals surface area contributed by atoms with Crippen molar-refractivity contribution in [2.24, 2.45) is 5.92 Å². The van der Waals surface area contributed by atoms with Gasteiger partial charge in [-0.15, -0.1) is 0 Å². The molecule has 0 aliphatic rings. The number of nitrogens with one attached hydrogen (secondary N) is 1. The van der Waals surface area contributed by atoms with E-state index < -0.39 is 12.2 Å². The van der Waals surface area contributed by atoms with Gasteiger partial charge < -0.3 is 15.2 Å². The van der Waals surface area contributed by atoms with Gasteiger partial charge in [0.25, 0.3) is 5.91 Å². The Balaban J connectivity index is 2.66. The van der Waals surface area contributed by atoms with E-state index in [2.05, 4.69) is 5.32 Å². The third-order valence-corrected chi connectivity index (χ3v) is 3.04. The Labute approximate surface area is 121 Å². The molecular weight excluding hydrogens is 254 g/mol. The summed E-state index contributed by atoms with van der Waals surface area (Å²) in [6.45, 7) is 10.1. The number of carbonyl (C=O) groups excluding carboxylic acids is 1. The van der Waals surface area contributed by atoms with Gasteiger partial charge in [0.05, 0.1) is 6.10 Å². The molecule has 4 heteroatoms. The molecule has 4 nitrogen and oxygen atoms in total. The third kappa shape index (κ3) is 4.85. The molecule has 0 aliphatic heterocycles. The van der Waals surface area contributed by atoms with E-state index >= 15 is 0 Å². The van der Waals surface area contributed by atoms with Gasteiger partial charge in [0.1, 0.15) is 5.75 Å². The Hall–Kier alpha value is -1.55. The van der Waals surface area contributed by atoms with Gasteiger partial charge in [-0.1, -0.05) is 19.9 Å². The largest absolute Gasteiger partial charge is 0.481 e. The first-order valence-corrected chi connectivity index (χ1v) is 7.04. The maximum absolute atomic E-state index is 11.9. The van der Waals surface area contributed by atoms with Crippen LogP contribution in [0.15, 0.2) is 18.2 Å². The molecule has 0 heterocycles. The van der Waals surface area contributed by atoms with Crippen molar-refractivity contribution in [3.8, 4) is 5.75 Å². The van der Waals surface area contributed by atoms with Crippen molar-refractivity contribution in [2.45, 2.75) is 46.8 Å². The molecular formula is C16H25NO3. The lowest BCUT2D eigenvalue weighted by atomic mass is 10.1. The van der Waals surface area contributed by atoms with Crippen LogP contribution in [0.1, 0.15) is 44.9 Å². The Morgan fingerprint density at radius 2 is 1.95 bits per heavy atom. The summed E-state index contributed by atoms with van der Waals surface area (Å²) in [7, 11) is 0. The number of aliphatic hydroxyl groups excluding tert-OH is 1. The molecule has 0 bridgehead atoms. The van der Waals surface area contributed by atoms with Crippen LogP contribution in [0.4, 0.5) is 0 Å². The van der Waals surface area contributed by atoms with Crippen molar-refractivity contribution < 1.29 is 14.6 Å². The predicted molar refractivity (Wildman–Crippen MR) is 79.8 cm³/mol. The molecule has 0 saturated carbocycles. The number of hydrogen-bond donors (Lipinski definition) is 2. The molecule has 1 amide bonds. The molecule has 0 fully saturated rings. The molecule has 1 aromatic carbocycles. The molecule has 112 valence electrons. The standard InChI is InChI=1S/C16H25NO3/c1-10(2)9-17-16(19)13(5)20-15-7-6-14(12(4)18)8-11(15)3/h6-8,10,12-13,18H,9H2,1-5H3,(H,17,19)/t12-,13?/m1/s1. The van der Waals surface area contributed by atoms with Crippen LogP contribution in [0.3, 0.4) is 0 Å². The zero-order valence-corrected chi connectivity index (χ0v) is 12.9. The summed E-state index contributed by atoms with van der Waals surface area (Å²) in [5, 5.41) is 12.4. The van der Waals surface area contributed by atoms with Gasteiger partial charge in [0.2, 0.25) is 0 Å². The summed E-state index contributed by atoms with van der Waals surface area (Å²) in [5.41, 5.74) is 1.75. The Morgan fingerprint density at radius 1 is 1.30 bits per heavy atom. The van der Waals surface area contributed by atoms with E-state index in [0.29, 0.717) is 18.2 Å². The number of ether oxygens (including phenoxy) is 1. The highest BCUT2D eigenvalue weighted by atomic mass is 16.5. The van der Waals surface area contributed by atoms with Crippen LogP contribution in [0.25, 0.3) is 0 Å². The SMILES string of the molecule is Cc1cc([C@@H](C)O)ccc1OC(C)C(=O)NCC(C)C. The first-order chi connectivity index (χ1) is 9.31. The third-order valence-electron chi connectivity index (χ3n) is 3.04. The number of hydrogen-bond acceptors (Lipinski definition) is 3. The van der Waals surface area contributed by atoms with Gasteiger partial charge in [-0.3, -0.25) is 4.79 Å². The van der Waals surface area contributed by atoms with E-state index in [1.165, 1.54) is 0 Å². The lowest BCUT2D eigenvalue weighted by molar-refractivity contribution is -0.127. The number of rotatable bonds is 6. The number of aryl methyl sites for hydroxylation is 1. The maximum Gasteiger partial charge on any atom is 0.260 e. The fraction of sp³-hybridized carbons (Fsp3) is 0.562. The van der Waals surface area contributed by atoms with Gasteiger partial charge in [0.15, 0.2) is 6.10 Å². The molecule has 1 unspecified atom stereocenters. The second kappa shape index (κ2) is 7.29. The van der Waals surface area contributed by atoms with Crippen LogP contribution >= 0.6 is 0 Å². The van der Waals surface area contributed by atoms with Crippen molar-refractivity contribution in [1.82, 2.24) is 5.32 Å². The Morgan fingerprint density at radius 3 is 2.45 bits per heavy atom. The zero-order valence-electron chi connectivity index (χ0n) is 12.9. The van der Waals surface area contributed by atoms with E-state index in [4.69, 9.17) is 4.74 Å². The summed E-state index contributed by atoms with van der Waals surface area (Å²) in [4.78, 5) is 11.9. The van der Waals surface area contributed by atoms with Crippen LogP contribution in [0, 0.1) is 12.8 Å². The first kappa shape index (κ1) is 16.5. The van der Waals surface area contributed by atoms with Gasteiger partial charge in [-0.25, -0.2) is 0 Å². The van der Waals surface area contributed by atoms with Crippen LogP contribution in [-0.2, 0) is 4.79 Å². The quantitative estimate of drug-likeness (QED) is 0.841. The number of aliphatic hydroxyl groups is 1. The van der Waals surface area contributed by atoms with Crippen molar-refractivity contribution in [2.75, 3.05) is 6.54 Å². The average Bonchev–Trinajstić information content (AvgIpc) is 2.37. The number of carbonyl (C=O) groups is 1. The molecule has 2 N–H and O–H groups in total. The van der Waals surface area contributed by atoms with Crippen molar-refractivity contribution in [1.29, 1.82) is 0 Å². The molecule has 1 aromatic rings. The first-order valence-electron chi connectivity index (χ1n) is 7.04. The topological polar surface area (TPSA) is 58.6 Å². The van der Waals surface area contributed by atoms with Crippen molar-refractivity contribution >= 4 is 5.91 Å². The van der Waals surface area contributed by atoms with Crippen LogP contribution in [-0.4, -0.2) is 23.7 Å². The summed E-state index contributed by atoms with van der Waals surface area (Å²) >= 11 is 0. The van der Waals surface area contributed by atoms with Gasteiger partial charge >= 0.3 is 0 Å². The van der Waals surface area contributed by atoms with Crippen LogP contribution < -0.4 is 10.1 Å². The zero-order chi connectivity index (χ0) is 15.3. The highest BCUT2D eigenvalue weighted by Crippen LogP contribution is 2.23. The van der Waals surface area contributed by atoms with Crippen LogP contribution in [0.5, 0.6) is 5.75 Å².